The zero-order chi connectivity index (χ0) is 6.41. The van der Waals surface area contributed by atoms with Crippen LogP contribution in [-0.4, -0.2) is 28.8 Å². The molecule has 0 atom stereocenters. The normalized spacial score (nSPS) is 8.25. The van der Waals surface area contributed by atoms with E-state index in [1.54, 1.807) is 0 Å². The van der Waals surface area contributed by atoms with Crippen LogP contribution in [0.2, 0.25) is 0 Å². The lowest BCUT2D eigenvalue weighted by molar-refractivity contribution is 0.271. The lowest BCUT2D eigenvalue weighted by atomic mass is 10.9. The third-order valence-electron chi connectivity index (χ3n) is 0.479. The van der Waals surface area contributed by atoms with E-state index < -0.39 is 0 Å². The Morgan fingerprint density at radius 1 is 1.25 bits per heavy atom. The summed E-state index contributed by atoms with van der Waals surface area (Å²) in [4.78, 5) is 0. The molecule has 0 aromatic rings. The van der Waals surface area contributed by atoms with E-state index in [2.05, 4.69) is 22.9 Å². The molecule has 0 rings (SSSR count). The third kappa shape index (κ3) is 3.79. The van der Waals surface area contributed by atoms with Crippen molar-refractivity contribution in [2.24, 2.45) is 0 Å². The Morgan fingerprint density at radius 3 is 1.88 bits per heavy atom. The zero-order valence-corrected chi connectivity index (χ0v) is 5.03. The molecule has 0 saturated carbocycles. The monoisotopic (exact) mass is 136 g/mol. The van der Waals surface area contributed by atoms with Gasteiger partial charge in [-0.25, -0.2) is 0 Å². The number of aliphatic hydroxyl groups is 2. The second-order valence-corrected chi connectivity index (χ2v) is 1.41. The SMILES string of the molecule is OCNC(=S)NCO. The summed E-state index contributed by atoms with van der Waals surface area (Å²) >= 11 is 4.51. The molecule has 0 aliphatic carbocycles. The average Bonchev–Trinajstić information content (AvgIpc) is 1.68. The highest BCUT2D eigenvalue weighted by Crippen LogP contribution is 1.59. The molecular weight excluding hydrogens is 128 g/mol. The van der Waals surface area contributed by atoms with Gasteiger partial charge in [-0.05, 0) is 12.2 Å². The van der Waals surface area contributed by atoms with Crippen LogP contribution in [0.25, 0.3) is 0 Å². The minimum absolute atomic E-state index is 0.216. The van der Waals surface area contributed by atoms with E-state index in [1.165, 1.54) is 0 Å². The van der Waals surface area contributed by atoms with E-state index in [1.807, 2.05) is 0 Å². The molecule has 0 aliphatic heterocycles. The lowest BCUT2D eigenvalue weighted by Gasteiger charge is -2.02. The van der Waals surface area contributed by atoms with E-state index in [0.29, 0.717) is 0 Å². The number of thiocarbonyl (C=S) groups is 1. The van der Waals surface area contributed by atoms with E-state index in [4.69, 9.17) is 10.2 Å². The number of hydrogen-bond donors (Lipinski definition) is 4. The van der Waals surface area contributed by atoms with E-state index >= 15 is 0 Å². The molecule has 8 heavy (non-hydrogen) atoms. The quantitative estimate of drug-likeness (QED) is 0.270. The molecule has 0 unspecified atom stereocenters. The molecule has 0 aliphatic rings. The predicted octanol–water partition coefficient (Wildman–Crippen LogP) is -1.65. The average molecular weight is 136 g/mol. The summed E-state index contributed by atoms with van der Waals surface area (Å²) in [5, 5.41) is 21.3. The zero-order valence-electron chi connectivity index (χ0n) is 4.22. The molecule has 0 aromatic carbocycles. The van der Waals surface area contributed by atoms with Gasteiger partial charge in [0.1, 0.15) is 13.5 Å². The number of nitrogens with one attached hydrogen (secondary N) is 2. The van der Waals surface area contributed by atoms with Crippen LogP contribution in [0.3, 0.4) is 0 Å². The standard InChI is InChI=1S/C3H8N2O2S/c6-1-4-3(8)5-2-7/h6-7H,1-2H2,(H2,4,5,8). The molecule has 0 aromatic heterocycles. The first kappa shape index (κ1) is 7.61. The Bertz CT molecular complexity index is 69.7. The van der Waals surface area contributed by atoms with Crippen LogP contribution in [0.5, 0.6) is 0 Å². The maximum Gasteiger partial charge on any atom is 0.169 e. The van der Waals surface area contributed by atoms with Crippen molar-refractivity contribution in [3.05, 3.63) is 0 Å². The van der Waals surface area contributed by atoms with Gasteiger partial charge in [-0.15, -0.1) is 0 Å². The van der Waals surface area contributed by atoms with E-state index in [9.17, 15) is 0 Å². The van der Waals surface area contributed by atoms with Crippen LogP contribution in [0.4, 0.5) is 0 Å². The van der Waals surface area contributed by atoms with Gasteiger partial charge in [0.2, 0.25) is 0 Å². The number of rotatable bonds is 2. The molecule has 0 bridgehead atoms. The van der Waals surface area contributed by atoms with Crippen LogP contribution in [0, 0.1) is 0 Å². The topological polar surface area (TPSA) is 64.5 Å². The van der Waals surface area contributed by atoms with Crippen molar-refractivity contribution in [3.8, 4) is 0 Å². The second-order valence-electron chi connectivity index (χ2n) is 0.999. The highest BCUT2D eigenvalue weighted by atomic mass is 32.1. The summed E-state index contributed by atoms with van der Waals surface area (Å²) in [7, 11) is 0. The van der Waals surface area contributed by atoms with Crippen molar-refractivity contribution < 1.29 is 10.2 Å². The largest absolute Gasteiger partial charge is 0.377 e. The molecule has 0 radical (unpaired) electrons. The molecule has 0 heterocycles. The molecule has 4 N–H and O–H groups in total. The third-order valence-corrected chi connectivity index (χ3v) is 0.768. The Kier molecular flexibility index (Phi) is 4.53. The van der Waals surface area contributed by atoms with Gasteiger partial charge in [0, 0.05) is 0 Å². The summed E-state index contributed by atoms with van der Waals surface area (Å²) in [6.45, 7) is -0.433. The Labute approximate surface area is 52.5 Å². The maximum atomic E-state index is 8.14. The van der Waals surface area contributed by atoms with Gasteiger partial charge in [-0.1, -0.05) is 0 Å². The highest BCUT2D eigenvalue weighted by molar-refractivity contribution is 7.80. The van der Waals surface area contributed by atoms with Crippen LogP contribution in [0.1, 0.15) is 0 Å². The van der Waals surface area contributed by atoms with Crippen molar-refractivity contribution in [1.29, 1.82) is 0 Å². The number of hydrogen-bond acceptors (Lipinski definition) is 3. The maximum absolute atomic E-state index is 8.14. The fourth-order valence-electron chi connectivity index (χ4n) is 0.206. The predicted molar refractivity (Wildman–Crippen MR) is 33.0 cm³/mol. The first-order chi connectivity index (χ1) is 3.81. The Morgan fingerprint density at radius 2 is 1.62 bits per heavy atom. The van der Waals surface area contributed by atoms with Crippen molar-refractivity contribution in [2.75, 3.05) is 13.5 Å². The van der Waals surface area contributed by atoms with Crippen molar-refractivity contribution >= 4 is 17.3 Å². The Hall–Kier alpha value is -0.390. The van der Waals surface area contributed by atoms with Gasteiger partial charge in [-0.2, -0.15) is 0 Å². The van der Waals surface area contributed by atoms with Gasteiger partial charge in [0.15, 0.2) is 5.11 Å². The molecular formula is C3H8N2O2S. The molecule has 5 heteroatoms. The number of aliphatic hydroxyl groups excluding tert-OH is 2. The molecule has 48 valence electrons. The molecule has 0 fully saturated rings. The first-order valence-corrected chi connectivity index (χ1v) is 2.45. The van der Waals surface area contributed by atoms with Gasteiger partial charge in [-0.3, -0.25) is 0 Å². The highest BCUT2D eigenvalue weighted by Gasteiger charge is 1.85. The van der Waals surface area contributed by atoms with Crippen molar-refractivity contribution in [3.63, 3.8) is 0 Å². The van der Waals surface area contributed by atoms with Crippen LogP contribution in [-0.2, 0) is 0 Å². The van der Waals surface area contributed by atoms with Crippen LogP contribution < -0.4 is 10.6 Å². The second kappa shape index (κ2) is 4.76. The van der Waals surface area contributed by atoms with E-state index in [0.717, 1.165) is 0 Å². The minimum atomic E-state index is -0.216. The molecule has 0 amide bonds. The molecule has 0 saturated heterocycles. The fraction of sp³-hybridized carbons (Fsp3) is 0.667. The summed E-state index contributed by atoms with van der Waals surface area (Å²) in [6, 6.07) is 0. The Balaban J connectivity index is 3.06. The van der Waals surface area contributed by atoms with Gasteiger partial charge < -0.3 is 20.8 Å². The summed E-state index contributed by atoms with van der Waals surface area (Å²) in [5.41, 5.74) is 0. The van der Waals surface area contributed by atoms with Crippen molar-refractivity contribution in [1.82, 2.24) is 10.6 Å². The van der Waals surface area contributed by atoms with Gasteiger partial charge >= 0.3 is 0 Å². The molecule has 4 nitrogen and oxygen atoms in total. The van der Waals surface area contributed by atoms with Crippen molar-refractivity contribution in [2.45, 2.75) is 0 Å². The van der Waals surface area contributed by atoms with Gasteiger partial charge in [0.25, 0.3) is 0 Å². The van der Waals surface area contributed by atoms with Gasteiger partial charge in [0.05, 0.1) is 0 Å². The molecule has 0 spiro atoms. The van der Waals surface area contributed by atoms with Crippen LogP contribution >= 0.6 is 12.2 Å². The summed E-state index contributed by atoms with van der Waals surface area (Å²) < 4.78 is 0. The summed E-state index contributed by atoms with van der Waals surface area (Å²) in [5.74, 6) is 0. The summed E-state index contributed by atoms with van der Waals surface area (Å²) in [6.07, 6.45) is 0. The van der Waals surface area contributed by atoms with Crippen LogP contribution in [0.15, 0.2) is 0 Å². The first-order valence-electron chi connectivity index (χ1n) is 2.04. The lowest BCUT2D eigenvalue weighted by Crippen LogP contribution is -2.35. The smallest absolute Gasteiger partial charge is 0.169 e. The minimum Gasteiger partial charge on any atom is -0.377 e. The fourth-order valence-corrected chi connectivity index (χ4v) is 0.335. The van der Waals surface area contributed by atoms with E-state index in [-0.39, 0.29) is 18.6 Å².